The molecular weight excluding hydrogens is 374 g/mol. The molecule has 0 saturated heterocycles. The molecule has 0 heterocycles. The lowest BCUT2D eigenvalue weighted by atomic mass is 10.2. The van der Waals surface area contributed by atoms with E-state index in [2.05, 4.69) is 56.2 Å². The summed E-state index contributed by atoms with van der Waals surface area (Å²) in [6.45, 7) is 5.62. The van der Waals surface area contributed by atoms with E-state index in [1.54, 1.807) is 7.11 Å². The summed E-state index contributed by atoms with van der Waals surface area (Å²) in [5.41, 5.74) is 1.22. The van der Waals surface area contributed by atoms with Crippen LogP contribution in [0.5, 0.6) is 5.75 Å². The van der Waals surface area contributed by atoms with E-state index in [1.165, 1.54) is 5.56 Å². The van der Waals surface area contributed by atoms with Gasteiger partial charge in [-0.1, -0.05) is 6.92 Å². The van der Waals surface area contributed by atoms with Crippen LogP contribution in [0.1, 0.15) is 25.3 Å². The molecule has 1 rings (SSSR count). The van der Waals surface area contributed by atoms with Crippen LogP contribution in [0.2, 0.25) is 0 Å². The second-order valence-electron chi connectivity index (χ2n) is 4.24. The summed E-state index contributed by atoms with van der Waals surface area (Å²) in [6, 6.07) is 4.15. The van der Waals surface area contributed by atoms with E-state index >= 15 is 0 Å². The van der Waals surface area contributed by atoms with Crippen LogP contribution >= 0.6 is 31.9 Å². The van der Waals surface area contributed by atoms with E-state index in [4.69, 9.17) is 9.47 Å². The maximum atomic E-state index is 5.43. The molecule has 0 atom stereocenters. The summed E-state index contributed by atoms with van der Waals surface area (Å²) in [4.78, 5) is 0. The van der Waals surface area contributed by atoms with Gasteiger partial charge in [-0.25, -0.2) is 0 Å². The Balaban J connectivity index is 2.30. The molecule has 108 valence electrons. The Bertz CT molecular complexity index is 363. The highest BCUT2D eigenvalue weighted by Gasteiger charge is 2.07. The third-order valence-corrected chi connectivity index (χ3v) is 3.76. The molecule has 3 nitrogen and oxygen atoms in total. The molecule has 19 heavy (non-hydrogen) atoms. The van der Waals surface area contributed by atoms with Gasteiger partial charge in [0, 0.05) is 19.8 Å². The fourth-order valence-electron chi connectivity index (χ4n) is 1.69. The van der Waals surface area contributed by atoms with Crippen LogP contribution in [-0.2, 0) is 11.3 Å². The fraction of sp³-hybridized carbons (Fsp3) is 0.571. The van der Waals surface area contributed by atoms with E-state index in [-0.39, 0.29) is 0 Å². The number of benzene rings is 1. The van der Waals surface area contributed by atoms with Crippen molar-refractivity contribution in [3.8, 4) is 5.75 Å². The third-order valence-electron chi connectivity index (χ3n) is 2.58. The second-order valence-corrected chi connectivity index (χ2v) is 5.94. The van der Waals surface area contributed by atoms with E-state index in [0.717, 1.165) is 53.8 Å². The summed E-state index contributed by atoms with van der Waals surface area (Å²) < 4.78 is 12.6. The summed E-state index contributed by atoms with van der Waals surface area (Å²) in [6.07, 6.45) is 2.12. The summed E-state index contributed by atoms with van der Waals surface area (Å²) in [7, 11) is 1.67. The maximum Gasteiger partial charge on any atom is 0.147 e. The van der Waals surface area contributed by atoms with Gasteiger partial charge in [0.25, 0.3) is 0 Å². The van der Waals surface area contributed by atoms with Gasteiger partial charge in [0.2, 0.25) is 0 Å². The fourth-order valence-corrected chi connectivity index (χ4v) is 3.29. The normalized spacial score (nSPS) is 10.7. The quantitative estimate of drug-likeness (QED) is 0.639. The molecule has 0 aliphatic carbocycles. The Morgan fingerprint density at radius 2 is 1.84 bits per heavy atom. The predicted octanol–water partition coefficient (Wildman–Crippen LogP) is 4.13. The molecule has 1 N–H and O–H groups in total. The summed E-state index contributed by atoms with van der Waals surface area (Å²) in [5, 5.41) is 3.41. The molecule has 0 saturated carbocycles. The number of hydrogen-bond donors (Lipinski definition) is 1. The highest BCUT2D eigenvalue weighted by Crippen LogP contribution is 2.34. The first-order valence-corrected chi connectivity index (χ1v) is 8.08. The van der Waals surface area contributed by atoms with Crippen LogP contribution in [-0.4, -0.2) is 26.9 Å². The minimum atomic E-state index is 0.830. The van der Waals surface area contributed by atoms with Crippen LogP contribution in [0.3, 0.4) is 0 Å². The molecule has 0 fully saturated rings. The number of nitrogens with one attached hydrogen (secondary N) is 1. The van der Waals surface area contributed by atoms with Gasteiger partial charge in [-0.15, -0.1) is 0 Å². The zero-order valence-corrected chi connectivity index (χ0v) is 14.6. The topological polar surface area (TPSA) is 30.5 Å². The highest BCUT2D eigenvalue weighted by atomic mass is 79.9. The van der Waals surface area contributed by atoms with Crippen molar-refractivity contribution in [1.82, 2.24) is 5.32 Å². The minimum Gasteiger partial charge on any atom is -0.494 e. The number of hydrogen-bond acceptors (Lipinski definition) is 3. The van der Waals surface area contributed by atoms with Crippen molar-refractivity contribution in [2.24, 2.45) is 0 Å². The minimum absolute atomic E-state index is 0.830. The second kappa shape index (κ2) is 9.75. The largest absolute Gasteiger partial charge is 0.494 e. The number of halogens is 2. The summed E-state index contributed by atoms with van der Waals surface area (Å²) in [5.74, 6) is 0.830. The van der Waals surface area contributed by atoms with Gasteiger partial charge in [-0.2, -0.15) is 0 Å². The first kappa shape index (κ1) is 17.0. The molecule has 0 aromatic heterocycles. The van der Waals surface area contributed by atoms with Gasteiger partial charge >= 0.3 is 0 Å². The third kappa shape index (κ3) is 6.25. The van der Waals surface area contributed by atoms with Crippen LogP contribution in [0.25, 0.3) is 0 Å². The molecule has 0 spiro atoms. The molecule has 5 heteroatoms. The van der Waals surface area contributed by atoms with E-state index in [9.17, 15) is 0 Å². The van der Waals surface area contributed by atoms with Crippen molar-refractivity contribution >= 4 is 31.9 Å². The van der Waals surface area contributed by atoms with Gasteiger partial charge < -0.3 is 14.8 Å². The van der Waals surface area contributed by atoms with Crippen LogP contribution < -0.4 is 10.1 Å². The zero-order valence-electron chi connectivity index (χ0n) is 11.5. The smallest absolute Gasteiger partial charge is 0.147 e. The molecule has 1 aromatic carbocycles. The number of ether oxygens (including phenoxy) is 2. The molecule has 0 bridgehead atoms. The average Bonchev–Trinajstić information content (AvgIpc) is 2.37. The van der Waals surface area contributed by atoms with Crippen LogP contribution in [0, 0.1) is 0 Å². The van der Waals surface area contributed by atoms with Crippen molar-refractivity contribution in [3.63, 3.8) is 0 Å². The lowest BCUT2D eigenvalue weighted by Gasteiger charge is -2.10. The Hall–Kier alpha value is -0.100. The van der Waals surface area contributed by atoms with Crippen molar-refractivity contribution in [3.05, 3.63) is 26.6 Å². The zero-order chi connectivity index (χ0) is 14.1. The van der Waals surface area contributed by atoms with Gasteiger partial charge in [0.1, 0.15) is 5.75 Å². The molecule has 0 unspecified atom stereocenters. The molecule has 0 amide bonds. The van der Waals surface area contributed by atoms with Crippen molar-refractivity contribution < 1.29 is 9.47 Å². The van der Waals surface area contributed by atoms with Gasteiger partial charge in [0.05, 0.1) is 16.1 Å². The van der Waals surface area contributed by atoms with Crippen molar-refractivity contribution in [2.45, 2.75) is 26.3 Å². The Morgan fingerprint density at radius 3 is 2.42 bits per heavy atom. The first-order valence-electron chi connectivity index (χ1n) is 6.49. The number of rotatable bonds is 9. The van der Waals surface area contributed by atoms with Crippen LogP contribution in [0.15, 0.2) is 21.1 Å². The maximum absolute atomic E-state index is 5.43. The molecule has 0 aliphatic heterocycles. The highest BCUT2D eigenvalue weighted by molar-refractivity contribution is 9.11. The lowest BCUT2D eigenvalue weighted by Crippen LogP contribution is -2.16. The monoisotopic (exact) mass is 393 g/mol. The Morgan fingerprint density at radius 1 is 1.16 bits per heavy atom. The van der Waals surface area contributed by atoms with Crippen molar-refractivity contribution in [2.75, 3.05) is 26.9 Å². The Labute approximate surface area is 132 Å². The van der Waals surface area contributed by atoms with E-state index < -0.39 is 0 Å². The number of methoxy groups -OCH3 is 1. The molecule has 0 aliphatic rings. The standard InChI is InChI=1S/C14H21Br2NO2/c1-3-6-19-7-4-5-17-10-11-8-12(15)14(18-2)13(16)9-11/h8-9,17H,3-7,10H2,1-2H3. The first-order chi connectivity index (χ1) is 9.19. The Kier molecular flexibility index (Phi) is 8.70. The van der Waals surface area contributed by atoms with Gasteiger partial charge in [-0.3, -0.25) is 0 Å². The average molecular weight is 395 g/mol. The molecular formula is C14H21Br2NO2. The van der Waals surface area contributed by atoms with E-state index in [0.29, 0.717) is 0 Å². The molecule has 0 radical (unpaired) electrons. The lowest BCUT2D eigenvalue weighted by molar-refractivity contribution is 0.132. The van der Waals surface area contributed by atoms with Gasteiger partial charge in [0.15, 0.2) is 0 Å². The SMILES string of the molecule is CCCOCCCNCc1cc(Br)c(OC)c(Br)c1. The van der Waals surface area contributed by atoms with Crippen LogP contribution in [0.4, 0.5) is 0 Å². The van der Waals surface area contributed by atoms with Gasteiger partial charge in [-0.05, 0) is 68.9 Å². The molecule has 1 aromatic rings. The summed E-state index contributed by atoms with van der Waals surface area (Å²) >= 11 is 7.01. The van der Waals surface area contributed by atoms with E-state index in [1.807, 2.05) is 0 Å². The van der Waals surface area contributed by atoms with Crippen molar-refractivity contribution in [1.29, 1.82) is 0 Å². The predicted molar refractivity (Wildman–Crippen MR) is 85.8 cm³/mol.